The molecule has 0 amide bonds. The number of unbranched alkanes of at least 4 members (excludes halogenated alkanes) is 1. The zero-order valence-corrected chi connectivity index (χ0v) is 9.75. The van der Waals surface area contributed by atoms with Gasteiger partial charge in [-0.2, -0.15) is 0 Å². The van der Waals surface area contributed by atoms with Gasteiger partial charge in [-0.05, 0) is 13.3 Å². The van der Waals surface area contributed by atoms with E-state index in [0.29, 0.717) is 13.0 Å². The SMILES string of the molecule is CCCCC(C(=O)COCC)C(=O)OC. The molecular weight excluding hydrogens is 196 g/mol. The highest BCUT2D eigenvalue weighted by atomic mass is 16.5. The molecule has 0 aromatic heterocycles. The molecule has 0 aliphatic carbocycles. The summed E-state index contributed by atoms with van der Waals surface area (Å²) in [5, 5.41) is 0. The van der Waals surface area contributed by atoms with E-state index in [4.69, 9.17) is 4.74 Å². The maximum Gasteiger partial charge on any atom is 0.316 e. The van der Waals surface area contributed by atoms with Gasteiger partial charge in [-0.25, -0.2) is 0 Å². The van der Waals surface area contributed by atoms with Crippen LogP contribution in [0, 0.1) is 5.92 Å². The lowest BCUT2D eigenvalue weighted by Gasteiger charge is -2.12. The second-order valence-corrected chi connectivity index (χ2v) is 3.32. The van der Waals surface area contributed by atoms with Crippen LogP contribution in [0.3, 0.4) is 0 Å². The lowest BCUT2D eigenvalue weighted by Crippen LogP contribution is -2.28. The largest absolute Gasteiger partial charge is 0.468 e. The summed E-state index contributed by atoms with van der Waals surface area (Å²) < 4.78 is 9.59. The molecular formula is C11H20O4. The van der Waals surface area contributed by atoms with E-state index >= 15 is 0 Å². The van der Waals surface area contributed by atoms with Crippen LogP contribution in [0.5, 0.6) is 0 Å². The van der Waals surface area contributed by atoms with Gasteiger partial charge in [0.1, 0.15) is 12.5 Å². The zero-order valence-electron chi connectivity index (χ0n) is 9.75. The van der Waals surface area contributed by atoms with E-state index in [1.807, 2.05) is 13.8 Å². The van der Waals surface area contributed by atoms with E-state index < -0.39 is 11.9 Å². The van der Waals surface area contributed by atoms with Crippen LogP contribution in [0.4, 0.5) is 0 Å². The van der Waals surface area contributed by atoms with Crippen molar-refractivity contribution < 1.29 is 19.1 Å². The lowest BCUT2D eigenvalue weighted by molar-refractivity contribution is -0.151. The molecule has 1 atom stereocenters. The van der Waals surface area contributed by atoms with Crippen molar-refractivity contribution in [2.75, 3.05) is 20.3 Å². The van der Waals surface area contributed by atoms with Crippen LogP contribution in [-0.2, 0) is 19.1 Å². The first-order valence-electron chi connectivity index (χ1n) is 5.35. The highest BCUT2D eigenvalue weighted by Crippen LogP contribution is 2.12. The number of Topliss-reactive ketones (excluding diaryl/α,β-unsaturated/α-hetero) is 1. The lowest BCUT2D eigenvalue weighted by atomic mass is 9.98. The van der Waals surface area contributed by atoms with Crippen molar-refractivity contribution in [3.63, 3.8) is 0 Å². The number of hydrogen-bond donors (Lipinski definition) is 0. The first-order valence-corrected chi connectivity index (χ1v) is 5.35. The van der Waals surface area contributed by atoms with Crippen molar-refractivity contribution in [3.8, 4) is 0 Å². The Morgan fingerprint density at radius 1 is 1.27 bits per heavy atom. The normalized spacial score (nSPS) is 12.2. The third kappa shape index (κ3) is 5.52. The topological polar surface area (TPSA) is 52.6 Å². The molecule has 15 heavy (non-hydrogen) atoms. The highest BCUT2D eigenvalue weighted by Gasteiger charge is 2.26. The zero-order chi connectivity index (χ0) is 11.7. The number of esters is 1. The summed E-state index contributed by atoms with van der Waals surface area (Å²) in [5.74, 6) is -1.29. The fraction of sp³-hybridized carbons (Fsp3) is 0.818. The first-order chi connectivity index (χ1) is 7.17. The summed E-state index contributed by atoms with van der Waals surface area (Å²) in [6.45, 7) is 4.31. The van der Waals surface area contributed by atoms with Gasteiger partial charge in [-0.15, -0.1) is 0 Å². The third-order valence-electron chi connectivity index (χ3n) is 2.17. The average Bonchev–Trinajstić information content (AvgIpc) is 2.26. The van der Waals surface area contributed by atoms with E-state index in [0.717, 1.165) is 12.8 Å². The van der Waals surface area contributed by atoms with Crippen molar-refractivity contribution in [2.45, 2.75) is 33.1 Å². The molecule has 4 nitrogen and oxygen atoms in total. The van der Waals surface area contributed by atoms with Crippen LogP contribution in [-0.4, -0.2) is 32.1 Å². The number of carbonyl (C=O) groups excluding carboxylic acids is 2. The minimum atomic E-state index is -0.651. The van der Waals surface area contributed by atoms with Crippen molar-refractivity contribution >= 4 is 11.8 Å². The molecule has 0 aromatic rings. The number of ether oxygens (including phenoxy) is 2. The van der Waals surface area contributed by atoms with Crippen LogP contribution in [0.1, 0.15) is 33.1 Å². The fourth-order valence-electron chi connectivity index (χ4n) is 1.26. The molecule has 1 unspecified atom stereocenters. The van der Waals surface area contributed by atoms with Gasteiger partial charge in [0, 0.05) is 6.61 Å². The molecule has 0 bridgehead atoms. The molecule has 0 fully saturated rings. The van der Waals surface area contributed by atoms with Gasteiger partial charge in [0.2, 0.25) is 0 Å². The van der Waals surface area contributed by atoms with E-state index in [-0.39, 0.29) is 12.4 Å². The van der Waals surface area contributed by atoms with Crippen LogP contribution >= 0.6 is 0 Å². The summed E-state index contributed by atoms with van der Waals surface area (Å²) >= 11 is 0. The van der Waals surface area contributed by atoms with Gasteiger partial charge in [0.15, 0.2) is 5.78 Å². The predicted octanol–water partition coefficient (Wildman–Crippen LogP) is 1.57. The Balaban J connectivity index is 4.20. The van der Waals surface area contributed by atoms with E-state index in [9.17, 15) is 9.59 Å². The second kappa shape index (κ2) is 8.41. The van der Waals surface area contributed by atoms with E-state index in [2.05, 4.69) is 4.74 Å². The Hall–Kier alpha value is -0.900. The van der Waals surface area contributed by atoms with Gasteiger partial charge in [0.25, 0.3) is 0 Å². The molecule has 4 heteroatoms. The molecule has 0 aliphatic rings. The maximum absolute atomic E-state index is 11.6. The van der Waals surface area contributed by atoms with Crippen molar-refractivity contribution in [2.24, 2.45) is 5.92 Å². The Morgan fingerprint density at radius 3 is 2.40 bits per heavy atom. The van der Waals surface area contributed by atoms with Crippen LogP contribution in [0.25, 0.3) is 0 Å². The van der Waals surface area contributed by atoms with Crippen LogP contribution < -0.4 is 0 Å². The standard InChI is InChI=1S/C11H20O4/c1-4-6-7-9(11(13)14-3)10(12)8-15-5-2/h9H,4-8H2,1-3H3. The number of ketones is 1. The monoisotopic (exact) mass is 216 g/mol. The molecule has 0 saturated carbocycles. The van der Waals surface area contributed by atoms with Gasteiger partial charge in [0.05, 0.1) is 7.11 Å². The highest BCUT2D eigenvalue weighted by molar-refractivity contribution is 5.99. The predicted molar refractivity (Wildman–Crippen MR) is 56.5 cm³/mol. The maximum atomic E-state index is 11.6. The van der Waals surface area contributed by atoms with Crippen molar-refractivity contribution in [1.29, 1.82) is 0 Å². The molecule has 0 N–H and O–H groups in total. The van der Waals surface area contributed by atoms with Gasteiger partial charge < -0.3 is 9.47 Å². The molecule has 0 saturated heterocycles. The Kier molecular flexibility index (Phi) is 7.91. The van der Waals surface area contributed by atoms with Gasteiger partial charge in [-0.1, -0.05) is 19.8 Å². The smallest absolute Gasteiger partial charge is 0.316 e. The quantitative estimate of drug-likeness (QED) is 0.456. The number of hydrogen-bond acceptors (Lipinski definition) is 4. The summed E-state index contributed by atoms with van der Waals surface area (Å²) in [5.41, 5.74) is 0. The van der Waals surface area contributed by atoms with Crippen LogP contribution in [0.15, 0.2) is 0 Å². The third-order valence-corrected chi connectivity index (χ3v) is 2.17. The first kappa shape index (κ1) is 14.1. The number of methoxy groups -OCH3 is 1. The average molecular weight is 216 g/mol. The number of carbonyl (C=O) groups is 2. The van der Waals surface area contributed by atoms with Crippen LogP contribution in [0.2, 0.25) is 0 Å². The molecule has 0 heterocycles. The molecule has 0 aliphatic heterocycles. The fourth-order valence-corrected chi connectivity index (χ4v) is 1.26. The van der Waals surface area contributed by atoms with E-state index in [1.165, 1.54) is 7.11 Å². The number of rotatable bonds is 8. The second-order valence-electron chi connectivity index (χ2n) is 3.32. The molecule has 0 rings (SSSR count). The minimum Gasteiger partial charge on any atom is -0.468 e. The minimum absolute atomic E-state index is 0.0000189. The Labute approximate surface area is 90.9 Å². The molecule has 0 aromatic carbocycles. The van der Waals surface area contributed by atoms with Gasteiger partial charge >= 0.3 is 5.97 Å². The van der Waals surface area contributed by atoms with E-state index in [1.54, 1.807) is 0 Å². The van der Waals surface area contributed by atoms with Crippen molar-refractivity contribution in [3.05, 3.63) is 0 Å². The molecule has 0 radical (unpaired) electrons. The summed E-state index contributed by atoms with van der Waals surface area (Å²) in [7, 11) is 1.30. The summed E-state index contributed by atoms with van der Waals surface area (Å²) in [6.07, 6.45) is 2.35. The Bertz CT molecular complexity index is 201. The van der Waals surface area contributed by atoms with Gasteiger partial charge in [-0.3, -0.25) is 9.59 Å². The summed E-state index contributed by atoms with van der Waals surface area (Å²) in [6, 6.07) is 0. The molecule has 88 valence electrons. The molecule has 0 spiro atoms. The van der Waals surface area contributed by atoms with Crippen molar-refractivity contribution in [1.82, 2.24) is 0 Å². The Morgan fingerprint density at radius 2 is 1.93 bits per heavy atom. The summed E-state index contributed by atoms with van der Waals surface area (Å²) in [4.78, 5) is 22.9.